The van der Waals surface area contributed by atoms with Gasteiger partial charge in [0.15, 0.2) is 0 Å². The van der Waals surface area contributed by atoms with Gasteiger partial charge in [0.1, 0.15) is 17.6 Å². The lowest BCUT2D eigenvalue weighted by atomic mass is 9.86. The first kappa shape index (κ1) is 27.9. The Bertz CT molecular complexity index is 1350. The highest BCUT2D eigenvalue weighted by atomic mass is 16.5. The van der Waals surface area contributed by atoms with E-state index < -0.39 is 0 Å². The average molecular weight is 545 g/mol. The monoisotopic (exact) mass is 544 g/mol. The van der Waals surface area contributed by atoms with E-state index in [1.165, 1.54) is 0 Å². The van der Waals surface area contributed by atoms with Crippen LogP contribution in [0.5, 0.6) is 5.75 Å². The molecule has 2 aliphatic heterocycles. The third kappa shape index (κ3) is 6.21. The van der Waals surface area contributed by atoms with Crippen molar-refractivity contribution in [1.29, 1.82) is 5.26 Å². The average Bonchev–Trinajstić information content (AvgIpc) is 3.36. The number of nitriles is 1. The number of carbonyl (C=O) groups excluding carboxylic acids is 1. The largest absolute Gasteiger partial charge is 0.492 e. The number of hydrogen-bond acceptors (Lipinski definition) is 8. The number of carbonyl (C=O) groups is 1. The lowest BCUT2D eigenvalue weighted by Crippen LogP contribution is -2.62. The van der Waals surface area contributed by atoms with Gasteiger partial charge >= 0.3 is 0 Å². The minimum atomic E-state index is -0.221. The Morgan fingerprint density at radius 2 is 1.98 bits per heavy atom. The Morgan fingerprint density at radius 3 is 2.62 bits per heavy atom. The summed E-state index contributed by atoms with van der Waals surface area (Å²) in [5.74, 6) is 2.09. The van der Waals surface area contributed by atoms with Gasteiger partial charge in [0, 0.05) is 69.6 Å². The van der Waals surface area contributed by atoms with Crippen LogP contribution >= 0.6 is 0 Å². The lowest BCUT2D eigenvalue weighted by molar-refractivity contribution is -0.124. The fourth-order valence-electron chi connectivity index (χ4n) is 5.88. The number of rotatable bonds is 9. The van der Waals surface area contributed by atoms with E-state index >= 15 is 0 Å². The molecule has 0 saturated carbocycles. The van der Waals surface area contributed by atoms with Crippen LogP contribution in [0.15, 0.2) is 36.8 Å². The van der Waals surface area contributed by atoms with Crippen molar-refractivity contribution in [1.82, 2.24) is 30.1 Å². The Balaban J connectivity index is 1.33. The summed E-state index contributed by atoms with van der Waals surface area (Å²) in [4.78, 5) is 22.5. The number of hydrogen-bond donors (Lipinski definition) is 2. The standard InChI is InChI=1S/C30H40N8O2/c1-4-40-25-16-26(29-24(17-31)19-34-38(29)20-25)23-5-6-27(33-18-23)37-11-7-30(8-12-37,35-28(39)15-22(2)3)21-36-13-9-32-10-14-36/h5-6,16,18-20,22,32H,4,7-15,21H2,1-3H3,(H,35,39). The van der Waals surface area contributed by atoms with Crippen LogP contribution in [0.25, 0.3) is 16.6 Å². The van der Waals surface area contributed by atoms with E-state index in [-0.39, 0.29) is 11.4 Å². The third-order valence-electron chi connectivity index (χ3n) is 7.86. The summed E-state index contributed by atoms with van der Waals surface area (Å²) in [5, 5.41) is 20.9. The zero-order chi connectivity index (χ0) is 28.1. The molecule has 40 heavy (non-hydrogen) atoms. The maximum atomic E-state index is 12.9. The van der Waals surface area contributed by atoms with Crippen molar-refractivity contribution in [2.24, 2.45) is 5.92 Å². The number of piperidine rings is 1. The molecule has 5 heterocycles. The zero-order valence-corrected chi connectivity index (χ0v) is 23.8. The second-order valence-corrected chi connectivity index (χ2v) is 11.3. The Hall–Kier alpha value is -3.68. The van der Waals surface area contributed by atoms with Crippen molar-refractivity contribution in [3.05, 3.63) is 42.4 Å². The molecule has 0 aliphatic carbocycles. The second kappa shape index (κ2) is 12.2. The maximum Gasteiger partial charge on any atom is 0.220 e. The molecule has 2 aliphatic rings. The minimum absolute atomic E-state index is 0.151. The van der Waals surface area contributed by atoms with Gasteiger partial charge in [0.05, 0.1) is 35.6 Å². The van der Waals surface area contributed by atoms with E-state index in [4.69, 9.17) is 9.72 Å². The molecule has 10 heteroatoms. The van der Waals surface area contributed by atoms with Crippen molar-refractivity contribution < 1.29 is 9.53 Å². The third-order valence-corrected chi connectivity index (χ3v) is 7.86. The van der Waals surface area contributed by atoms with Gasteiger partial charge in [0.25, 0.3) is 0 Å². The Kier molecular flexibility index (Phi) is 8.52. The number of nitrogens with one attached hydrogen (secondary N) is 2. The van der Waals surface area contributed by atoms with Crippen LogP contribution < -0.4 is 20.3 Å². The Morgan fingerprint density at radius 1 is 1.20 bits per heavy atom. The van der Waals surface area contributed by atoms with Gasteiger partial charge < -0.3 is 20.3 Å². The number of fused-ring (bicyclic) bond motifs is 1. The number of aromatic nitrogens is 3. The van der Waals surface area contributed by atoms with Crippen LogP contribution in [0.1, 0.15) is 45.6 Å². The molecule has 2 fully saturated rings. The van der Waals surface area contributed by atoms with Crippen molar-refractivity contribution in [2.45, 2.75) is 45.6 Å². The summed E-state index contributed by atoms with van der Waals surface area (Å²) in [6.45, 7) is 13.2. The number of pyridine rings is 2. The normalized spacial score (nSPS) is 17.6. The van der Waals surface area contributed by atoms with E-state index in [2.05, 4.69) is 51.5 Å². The summed E-state index contributed by atoms with van der Waals surface area (Å²) in [5.41, 5.74) is 2.80. The van der Waals surface area contributed by atoms with Crippen molar-refractivity contribution in [2.75, 3.05) is 57.3 Å². The summed E-state index contributed by atoms with van der Waals surface area (Å²) >= 11 is 0. The quantitative estimate of drug-likeness (QED) is 0.423. The van der Waals surface area contributed by atoms with Crippen LogP contribution in [0.4, 0.5) is 5.82 Å². The molecule has 10 nitrogen and oxygen atoms in total. The van der Waals surface area contributed by atoms with Crippen LogP contribution in [0.3, 0.4) is 0 Å². The molecule has 1 amide bonds. The fourth-order valence-corrected chi connectivity index (χ4v) is 5.88. The minimum Gasteiger partial charge on any atom is -0.492 e. The second-order valence-electron chi connectivity index (χ2n) is 11.3. The SMILES string of the molecule is CCOc1cc(-c2ccc(N3CCC(CN4CCNCC4)(NC(=O)CC(C)C)CC3)nc2)c2c(C#N)cnn2c1. The van der Waals surface area contributed by atoms with Gasteiger partial charge in [-0.15, -0.1) is 0 Å². The van der Waals surface area contributed by atoms with Gasteiger partial charge in [-0.1, -0.05) is 13.8 Å². The summed E-state index contributed by atoms with van der Waals surface area (Å²) in [6.07, 6.45) is 7.55. The number of nitrogens with zero attached hydrogens (tertiary/aromatic N) is 6. The first-order valence-corrected chi connectivity index (χ1v) is 14.4. The van der Waals surface area contributed by atoms with E-state index in [1.54, 1.807) is 16.9 Å². The summed E-state index contributed by atoms with van der Waals surface area (Å²) < 4.78 is 7.45. The molecule has 3 aromatic heterocycles. The fraction of sp³-hybridized carbons (Fsp3) is 0.533. The van der Waals surface area contributed by atoms with Crippen LogP contribution in [0, 0.1) is 17.2 Å². The highest BCUT2D eigenvalue weighted by Crippen LogP contribution is 2.32. The molecule has 5 rings (SSSR count). The molecule has 3 aromatic rings. The smallest absolute Gasteiger partial charge is 0.220 e. The van der Waals surface area contributed by atoms with Gasteiger partial charge in [-0.3, -0.25) is 9.69 Å². The molecule has 2 N–H and O–H groups in total. The van der Waals surface area contributed by atoms with Crippen molar-refractivity contribution in [3.63, 3.8) is 0 Å². The van der Waals surface area contributed by atoms with Gasteiger partial charge in [-0.2, -0.15) is 10.4 Å². The van der Waals surface area contributed by atoms with Gasteiger partial charge in [-0.25, -0.2) is 9.50 Å². The van der Waals surface area contributed by atoms with E-state index in [0.717, 1.165) is 81.1 Å². The molecule has 0 bridgehead atoms. The summed E-state index contributed by atoms with van der Waals surface area (Å²) in [7, 11) is 0. The van der Waals surface area contributed by atoms with Gasteiger partial charge in [-0.05, 0) is 43.9 Å². The molecule has 0 radical (unpaired) electrons. The summed E-state index contributed by atoms with van der Waals surface area (Å²) in [6, 6.07) is 8.29. The lowest BCUT2D eigenvalue weighted by Gasteiger charge is -2.46. The molecule has 212 valence electrons. The number of anilines is 1. The number of amides is 1. The molecule has 0 spiro atoms. The first-order chi connectivity index (χ1) is 19.4. The van der Waals surface area contributed by atoms with Gasteiger partial charge in [0.2, 0.25) is 5.91 Å². The molecule has 0 unspecified atom stereocenters. The maximum absolute atomic E-state index is 12.9. The topological polar surface area (TPSA) is 111 Å². The van der Waals surface area contributed by atoms with E-state index in [0.29, 0.717) is 30.3 Å². The molecule has 0 atom stereocenters. The molecular formula is C30H40N8O2. The van der Waals surface area contributed by atoms with Crippen LogP contribution in [-0.2, 0) is 4.79 Å². The molecular weight excluding hydrogens is 504 g/mol. The predicted molar refractivity (Wildman–Crippen MR) is 155 cm³/mol. The van der Waals surface area contributed by atoms with Crippen molar-refractivity contribution >= 4 is 17.2 Å². The van der Waals surface area contributed by atoms with Crippen LogP contribution in [0.2, 0.25) is 0 Å². The molecule has 0 aromatic carbocycles. The highest BCUT2D eigenvalue weighted by molar-refractivity contribution is 5.85. The van der Waals surface area contributed by atoms with Crippen molar-refractivity contribution in [3.8, 4) is 22.9 Å². The van der Waals surface area contributed by atoms with E-state index in [9.17, 15) is 10.1 Å². The predicted octanol–water partition coefficient (Wildman–Crippen LogP) is 3.07. The number of ether oxygens (including phenoxy) is 1. The molecule has 2 saturated heterocycles. The first-order valence-electron chi connectivity index (χ1n) is 14.4. The van der Waals surface area contributed by atoms with Crippen LogP contribution in [-0.4, -0.2) is 83.4 Å². The number of piperazine rings is 1. The zero-order valence-electron chi connectivity index (χ0n) is 23.8. The highest BCUT2D eigenvalue weighted by Gasteiger charge is 2.38. The van der Waals surface area contributed by atoms with E-state index in [1.807, 2.05) is 25.3 Å². The Labute approximate surface area is 236 Å².